The molecule has 3 nitrogen and oxygen atoms in total. The summed E-state index contributed by atoms with van der Waals surface area (Å²) in [6, 6.07) is 0. The smallest absolute Gasteiger partial charge is 0.130 e. The van der Waals surface area contributed by atoms with Crippen molar-refractivity contribution in [1.82, 2.24) is 15.3 Å². The Balaban J connectivity index is 1.93. The van der Waals surface area contributed by atoms with Gasteiger partial charge in [-0.3, -0.25) is 0 Å². The van der Waals surface area contributed by atoms with Crippen molar-refractivity contribution in [2.24, 2.45) is 0 Å². The van der Waals surface area contributed by atoms with E-state index in [9.17, 15) is 0 Å². The predicted octanol–water partition coefficient (Wildman–Crippen LogP) is 2.44. The van der Waals surface area contributed by atoms with E-state index in [0.29, 0.717) is 5.92 Å². The average molecular weight is 237 g/mol. The van der Waals surface area contributed by atoms with Gasteiger partial charge in [0.15, 0.2) is 0 Å². The summed E-state index contributed by atoms with van der Waals surface area (Å²) in [5, 5.41) is 4.11. The molecule has 2 heterocycles. The average Bonchev–Trinajstić information content (AvgIpc) is 2.31. The molecule has 88 valence electrons. The maximum Gasteiger partial charge on any atom is 0.130 e. The summed E-state index contributed by atoms with van der Waals surface area (Å²) in [7, 11) is 0. The fourth-order valence-corrected chi connectivity index (χ4v) is 2.87. The van der Waals surface area contributed by atoms with Crippen molar-refractivity contribution < 1.29 is 0 Å². The molecule has 1 aliphatic rings. The topological polar surface area (TPSA) is 37.8 Å². The van der Waals surface area contributed by atoms with Crippen molar-refractivity contribution in [3.63, 3.8) is 0 Å². The van der Waals surface area contributed by atoms with E-state index in [2.05, 4.69) is 29.1 Å². The zero-order valence-corrected chi connectivity index (χ0v) is 10.8. The first-order valence-corrected chi connectivity index (χ1v) is 6.83. The molecule has 1 saturated heterocycles. The number of nitrogens with one attached hydrogen (secondary N) is 1. The number of rotatable bonds is 3. The van der Waals surface area contributed by atoms with Gasteiger partial charge in [-0.2, -0.15) is 0 Å². The minimum atomic E-state index is 0.415. The Kier molecular flexibility index (Phi) is 4.18. The second-order valence-corrected chi connectivity index (χ2v) is 5.87. The summed E-state index contributed by atoms with van der Waals surface area (Å²) in [5.41, 5.74) is 0. The Bertz CT molecular complexity index is 318. The molecule has 0 amide bonds. The van der Waals surface area contributed by atoms with Crippen molar-refractivity contribution >= 4 is 11.8 Å². The van der Waals surface area contributed by atoms with E-state index in [4.69, 9.17) is 0 Å². The molecule has 1 fully saturated rings. The molecule has 0 atom stereocenters. The molecule has 0 saturated carbocycles. The molecule has 0 spiro atoms. The van der Waals surface area contributed by atoms with Crippen LogP contribution in [0.4, 0.5) is 0 Å². The van der Waals surface area contributed by atoms with Crippen LogP contribution in [0.5, 0.6) is 0 Å². The van der Waals surface area contributed by atoms with Crippen LogP contribution in [-0.2, 0) is 0 Å². The summed E-state index contributed by atoms with van der Waals surface area (Å²) in [6.07, 6.45) is 6.43. The van der Waals surface area contributed by atoms with Crippen LogP contribution < -0.4 is 5.32 Å². The van der Waals surface area contributed by atoms with Crippen LogP contribution in [0.3, 0.4) is 0 Å². The van der Waals surface area contributed by atoms with Crippen molar-refractivity contribution in [2.75, 3.05) is 13.1 Å². The lowest BCUT2D eigenvalue weighted by molar-refractivity contribution is 0.531. The lowest BCUT2D eigenvalue weighted by Crippen LogP contribution is -2.29. The molecule has 1 aromatic heterocycles. The zero-order chi connectivity index (χ0) is 11.4. The number of thioether (sulfide) groups is 1. The van der Waals surface area contributed by atoms with Crippen molar-refractivity contribution in [1.29, 1.82) is 0 Å². The van der Waals surface area contributed by atoms with Crippen molar-refractivity contribution in [2.45, 2.75) is 42.8 Å². The van der Waals surface area contributed by atoms with Gasteiger partial charge in [0.2, 0.25) is 0 Å². The lowest BCUT2D eigenvalue weighted by atomic mass is 10.2. The molecule has 0 bridgehead atoms. The molecule has 0 aliphatic carbocycles. The highest BCUT2D eigenvalue weighted by atomic mass is 32.2. The van der Waals surface area contributed by atoms with Gasteiger partial charge < -0.3 is 5.32 Å². The van der Waals surface area contributed by atoms with Crippen LogP contribution in [0.25, 0.3) is 0 Å². The zero-order valence-electron chi connectivity index (χ0n) is 9.94. The van der Waals surface area contributed by atoms with E-state index in [1.165, 1.54) is 17.7 Å². The van der Waals surface area contributed by atoms with Crippen LogP contribution in [0.2, 0.25) is 0 Å². The van der Waals surface area contributed by atoms with Gasteiger partial charge >= 0.3 is 0 Å². The van der Waals surface area contributed by atoms with Gasteiger partial charge in [-0.1, -0.05) is 13.8 Å². The van der Waals surface area contributed by atoms with E-state index in [1.807, 2.05) is 24.2 Å². The van der Waals surface area contributed by atoms with Crippen molar-refractivity contribution in [3.8, 4) is 0 Å². The molecule has 0 unspecified atom stereocenters. The maximum absolute atomic E-state index is 4.40. The number of hydrogen-bond acceptors (Lipinski definition) is 4. The third kappa shape index (κ3) is 3.19. The minimum Gasteiger partial charge on any atom is -0.317 e. The number of nitrogens with zero attached hydrogens (tertiary/aromatic N) is 2. The highest BCUT2D eigenvalue weighted by molar-refractivity contribution is 8.00. The van der Waals surface area contributed by atoms with Gasteiger partial charge in [0.25, 0.3) is 0 Å². The molecule has 2 rings (SSSR count). The molecule has 1 aliphatic heterocycles. The second kappa shape index (κ2) is 5.64. The highest BCUT2D eigenvalue weighted by Gasteiger charge is 2.14. The Labute approximate surface area is 101 Å². The number of piperidine rings is 1. The normalized spacial score (nSPS) is 17.9. The van der Waals surface area contributed by atoms with Gasteiger partial charge in [0, 0.05) is 28.5 Å². The Morgan fingerprint density at radius 1 is 1.25 bits per heavy atom. The van der Waals surface area contributed by atoms with Crippen LogP contribution >= 0.6 is 11.8 Å². The second-order valence-electron chi connectivity index (χ2n) is 4.50. The molecule has 1 N–H and O–H groups in total. The first kappa shape index (κ1) is 11.9. The van der Waals surface area contributed by atoms with Crippen molar-refractivity contribution in [3.05, 3.63) is 18.2 Å². The van der Waals surface area contributed by atoms with Gasteiger partial charge in [0.05, 0.1) is 0 Å². The standard InChI is InChI=1S/C12H19N3S/c1-9(2)12-14-7-11(8-15-12)16-10-3-5-13-6-4-10/h7-10,13H,3-6H2,1-2H3. The van der Waals surface area contributed by atoms with E-state index in [1.54, 1.807) is 0 Å². The monoisotopic (exact) mass is 237 g/mol. The fraction of sp³-hybridized carbons (Fsp3) is 0.667. The van der Waals surface area contributed by atoms with E-state index in [0.717, 1.165) is 24.2 Å². The summed E-state index contributed by atoms with van der Waals surface area (Å²) >= 11 is 1.92. The first-order chi connectivity index (χ1) is 7.75. The summed E-state index contributed by atoms with van der Waals surface area (Å²) < 4.78 is 0. The Morgan fingerprint density at radius 2 is 1.88 bits per heavy atom. The Morgan fingerprint density at radius 3 is 2.44 bits per heavy atom. The van der Waals surface area contributed by atoms with Crippen LogP contribution in [0, 0.1) is 0 Å². The highest BCUT2D eigenvalue weighted by Crippen LogP contribution is 2.27. The van der Waals surface area contributed by atoms with E-state index in [-0.39, 0.29) is 0 Å². The minimum absolute atomic E-state index is 0.415. The quantitative estimate of drug-likeness (QED) is 0.876. The molecule has 16 heavy (non-hydrogen) atoms. The van der Waals surface area contributed by atoms with E-state index >= 15 is 0 Å². The third-order valence-electron chi connectivity index (χ3n) is 2.75. The summed E-state index contributed by atoms with van der Waals surface area (Å²) in [5.74, 6) is 1.35. The summed E-state index contributed by atoms with van der Waals surface area (Å²) in [6.45, 7) is 6.52. The SMILES string of the molecule is CC(C)c1ncc(SC2CCNCC2)cn1. The fourth-order valence-electron chi connectivity index (χ4n) is 1.79. The lowest BCUT2D eigenvalue weighted by Gasteiger charge is -2.21. The van der Waals surface area contributed by atoms with E-state index < -0.39 is 0 Å². The van der Waals surface area contributed by atoms with Crippen LogP contribution in [-0.4, -0.2) is 28.3 Å². The van der Waals surface area contributed by atoms with Gasteiger partial charge in [-0.25, -0.2) is 9.97 Å². The summed E-state index contributed by atoms with van der Waals surface area (Å²) in [4.78, 5) is 10.00. The predicted molar refractivity (Wildman–Crippen MR) is 67.9 cm³/mol. The molecule has 0 radical (unpaired) electrons. The van der Waals surface area contributed by atoms with Gasteiger partial charge in [0.1, 0.15) is 5.82 Å². The number of hydrogen-bond donors (Lipinski definition) is 1. The molecule has 0 aromatic carbocycles. The maximum atomic E-state index is 4.40. The van der Waals surface area contributed by atoms with Crippen LogP contribution in [0.15, 0.2) is 17.3 Å². The molecular formula is C12H19N3S. The molecule has 4 heteroatoms. The van der Waals surface area contributed by atoms with Gasteiger partial charge in [-0.05, 0) is 25.9 Å². The third-order valence-corrected chi connectivity index (χ3v) is 4.04. The van der Waals surface area contributed by atoms with Gasteiger partial charge in [-0.15, -0.1) is 11.8 Å². The number of aromatic nitrogens is 2. The Hall–Kier alpha value is -0.610. The van der Waals surface area contributed by atoms with Crippen LogP contribution in [0.1, 0.15) is 38.4 Å². The largest absolute Gasteiger partial charge is 0.317 e. The molecule has 1 aromatic rings. The molecular weight excluding hydrogens is 218 g/mol. The first-order valence-electron chi connectivity index (χ1n) is 5.95.